The van der Waals surface area contributed by atoms with Crippen LogP contribution in [0.5, 0.6) is 0 Å². The fourth-order valence-corrected chi connectivity index (χ4v) is 2.59. The summed E-state index contributed by atoms with van der Waals surface area (Å²) < 4.78 is 0. The van der Waals surface area contributed by atoms with Crippen molar-refractivity contribution < 1.29 is 4.79 Å². The van der Waals surface area contributed by atoms with Crippen molar-refractivity contribution in [1.82, 2.24) is 10.6 Å². The standard InChI is InChI=1S/C20H20N2O/c1-15(18-12-11-17-9-5-6-10-19(17)13-18)22-20(23)21-14-16-7-3-2-4-8-16/h2-13,15H,14H2,1H3,(H2,21,22,23). The van der Waals surface area contributed by atoms with E-state index in [1.54, 1.807) is 0 Å². The van der Waals surface area contributed by atoms with E-state index >= 15 is 0 Å². The highest BCUT2D eigenvalue weighted by atomic mass is 16.2. The Hall–Kier alpha value is -2.81. The lowest BCUT2D eigenvalue weighted by molar-refractivity contribution is 0.237. The van der Waals surface area contributed by atoms with Crippen molar-refractivity contribution in [2.24, 2.45) is 0 Å². The van der Waals surface area contributed by atoms with E-state index in [0.717, 1.165) is 11.1 Å². The second-order valence-electron chi connectivity index (χ2n) is 5.64. The third kappa shape index (κ3) is 3.89. The number of hydrogen-bond acceptors (Lipinski definition) is 1. The second kappa shape index (κ2) is 6.97. The van der Waals surface area contributed by atoms with E-state index in [9.17, 15) is 4.79 Å². The average molecular weight is 304 g/mol. The maximum Gasteiger partial charge on any atom is 0.315 e. The molecule has 2 amide bonds. The summed E-state index contributed by atoms with van der Waals surface area (Å²) in [5.74, 6) is 0. The van der Waals surface area contributed by atoms with Crippen LogP contribution in [0.4, 0.5) is 4.79 Å². The molecule has 3 heteroatoms. The van der Waals surface area contributed by atoms with Gasteiger partial charge >= 0.3 is 6.03 Å². The zero-order chi connectivity index (χ0) is 16.1. The van der Waals surface area contributed by atoms with Crippen molar-refractivity contribution in [3.63, 3.8) is 0 Å². The molecular formula is C20H20N2O. The van der Waals surface area contributed by atoms with Gasteiger partial charge in [0.15, 0.2) is 0 Å². The van der Waals surface area contributed by atoms with Gasteiger partial charge in [0.25, 0.3) is 0 Å². The molecule has 0 radical (unpaired) electrons. The molecule has 0 aliphatic rings. The highest BCUT2D eigenvalue weighted by Gasteiger charge is 2.09. The predicted octanol–water partition coefficient (Wildman–Crippen LogP) is 4.40. The number of rotatable bonds is 4. The second-order valence-corrected chi connectivity index (χ2v) is 5.64. The number of carbonyl (C=O) groups is 1. The summed E-state index contributed by atoms with van der Waals surface area (Å²) in [6.45, 7) is 2.52. The largest absolute Gasteiger partial charge is 0.334 e. The van der Waals surface area contributed by atoms with E-state index in [0.29, 0.717) is 6.54 Å². The molecule has 3 rings (SSSR count). The van der Waals surface area contributed by atoms with Gasteiger partial charge in [-0.3, -0.25) is 0 Å². The zero-order valence-electron chi connectivity index (χ0n) is 13.1. The molecule has 1 atom stereocenters. The minimum atomic E-state index is -0.158. The number of nitrogens with one attached hydrogen (secondary N) is 2. The van der Waals surface area contributed by atoms with Gasteiger partial charge in [0.2, 0.25) is 0 Å². The summed E-state index contributed by atoms with van der Waals surface area (Å²) >= 11 is 0. The Kier molecular flexibility index (Phi) is 4.57. The van der Waals surface area contributed by atoms with E-state index in [4.69, 9.17) is 0 Å². The minimum Gasteiger partial charge on any atom is -0.334 e. The molecule has 3 nitrogen and oxygen atoms in total. The fraction of sp³-hybridized carbons (Fsp3) is 0.150. The summed E-state index contributed by atoms with van der Waals surface area (Å²) in [4.78, 5) is 12.0. The van der Waals surface area contributed by atoms with Crippen LogP contribution in [0, 0.1) is 0 Å². The Labute approximate surface area is 136 Å². The molecular weight excluding hydrogens is 284 g/mol. The van der Waals surface area contributed by atoms with Crippen LogP contribution in [0.3, 0.4) is 0 Å². The van der Waals surface area contributed by atoms with Crippen molar-refractivity contribution in [2.45, 2.75) is 19.5 Å². The van der Waals surface area contributed by atoms with Gasteiger partial charge in [0, 0.05) is 6.54 Å². The molecule has 0 saturated carbocycles. The lowest BCUT2D eigenvalue weighted by Crippen LogP contribution is -2.36. The highest BCUT2D eigenvalue weighted by Crippen LogP contribution is 2.20. The zero-order valence-corrected chi connectivity index (χ0v) is 13.1. The van der Waals surface area contributed by atoms with Crippen LogP contribution in [0.25, 0.3) is 10.8 Å². The first-order valence-electron chi connectivity index (χ1n) is 7.79. The van der Waals surface area contributed by atoms with Crippen molar-refractivity contribution in [1.29, 1.82) is 0 Å². The number of amides is 2. The number of urea groups is 1. The van der Waals surface area contributed by atoms with Gasteiger partial charge in [-0.25, -0.2) is 4.79 Å². The number of carbonyl (C=O) groups excluding carboxylic acids is 1. The third-order valence-corrected chi connectivity index (χ3v) is 3.92. The van der Waals surface area contributed by atoms with Gasteiger partial charge in [0.05, 0.1) is 6.04 Å². The number of fused-ring (bicyclic) bond motifs is 1. The molecule has 3 aromatic rings. The van der Waals surface area contributed by atoms with Crippen LogP contribution in [0.2, 0.25) is 0 Å². The molecule has 3 aromatic carbocycles. The molecule has 0 fully saturated rings. The van der Waals surface area contributed by atoms with Gasteiger partial charge in [-0.1, -0.05) is 66.7 Å². The van der Waals surface area contributed by atoms with Gasteiger partial charge in [-0.2, -0.15) is 0 Å². The molecule has 0 bridgehead atoms. The van der Waals surface area contributed by atoms with Crippen molar-refractivity contribution in [2.75, 3.05) is 0 Å². The molecule has 0 spiro atoms. The Morgan fingerprint density at radius 3 is 2.39 bits per heavy atom. The topological polar surface area (TPSA) is 41.1 Å². The fourth-order valence-electron chi connectivity index (χ4n) is 2.59. The lowest BCUT2D eigenvalue weighted by atomic mass is 10.0. The lowest BCUT2D eigenvalue weighted by Gasteiger charge is -2.16. The van der Waals surface area contributed by atoms with Gasteiger partial charge in [-0.05, 0) is 34.9 Å². The SMILES string of the molecule is CC(NC(=O)NCc1ccccc1)c1ccc2ccccc2c1. The van der Waals surface area contributed by atoms with E-state index in [2.05, 4.69) is 41.0 Å². The molecule has 0 saturated heterocycles. The molecule has 0 aromatic heterocycles. The summed E-state index contributed by atoms with van der Waals surface area (Å²) in [7, 11) is 0. The molecule has 116 valence electrons. The average Bonchev–Trinajstić information content (AvgIpc) is 2.60. The Balaban J connectivity index is 1.61. The van der Waals surface area contributed by atoms with E-state index in [1.807, 2.05) is 49.4 Å². The first kappa shape index (κ1) is 15.1. The quantitative estimate of drug-likeness (QED) is 0.737. The van der Waals surface area contributed by atoms with E-state index in [1.165, 1.54) is 10.8 Å². The van der Waals surface area contributed by atoms with Crippen molar-refractivity contribution in [3.05, 3.63) is 83.9 Å². The molecule has 0 aliphatic heterocycles. The van der Waals surface area contributed by atoms with Crippen molar-refractivity contribution >= 4 is 16.8 Å². The first-order chi connectivity index (χ1) is 11.2. The Morgan fingerprint density at radius 1 is 0.913 bits per heavy atom. The molecule has 23 heavy (non-hydrogen) atoms. The van der Waals surface area contributed by atoms with E-state index < -0.39 is 0 Å². The molecule has 1 unspecified atom stereocenters. The van der Waals surface area contributed by atoms with Crippen LogP contribution in [-0.4, -0.2) is 6.03 Å². The number of hydrogen-bond donors (Lipinski definition) is 2. The monoisotopic (exact) mass is 304 g/mol. The minimum absolute atomic E-state index is 0.0459. The van der Waals surface area contributed by atoms with Crippen LogP contribution >= 0.6 is 0 Å². The van der Waals surface area contributed by atoms with Gasteiger partial charge in [0.1, 0.15) is 0 Å². The first-order valence-corrected chi connectivity index (χ1v) is 7.79. The summed E-state index contributed by atoms with van der Waals surface area (Å²) in [6.07, 6.45) is 0. The molecule has 0 heterocycles. The van der Waals surface area contributed by atoms with Gasteiger partial charge < -0.3 is 10.6 Å². The van der Waals surface area contributed by atoms with Crippen LogP contribution < -0.4 is 10.6 Å². The highest BCUT2D eigenvalue weighted by molar-refractivity contribution is 5.83. The third-order valence-electron chi connectivity index (χ3n) is 3.92. The summed E-state index contributed by atoms with van der Waals surface area (Å²) in [5.41, 5.74) is 2.18. The maximum atomic E-state index is 12.0. The van der Waals surface area contributed by atoms with Crippen LogP contribution in [-0.2, 0) is 6.54 Å². The Bertz CT molecular complexity index is 799. The maximum absolute atomic E-state index is 12.0. The summed E-state index contributed by atoms with van der Waals surface area (Å²) in [6, 6.07) is 24.2. The smallest absolute Gasteiger partial charge is 0.315 e. The van der Waals surface area contributed by atoms with Crippen LogP contribution in [0.1, 0.15) is 24.1 Å². The summed E-state index contributed by atoms with van der Waals surface area (Å²) in [5, 5.41) is 8.26. The van der Waals surface area contributed by atoms with Crippen molar-refractivity contribution in [3.8, 4) is 0 Å². The molecule has 0 aliphatic carbocycles. The number of benzene rings is 3. The van der Waals surface area contributed by atoms with E-state index in [-0.39, 0.29) is 12.1 Å². The normalized spacial score (nSPS) is 11.9. The van der Waals surface area contributed by atoms with Crippen LogP contribution in [0.15, 0.2) is 72.8 Å². The predicted molar refractivity (Wildman–Crippen MR) is 94.2 cm³/mol. The molecule has 2 N–H and O–H groups in total. The Morgan fingerprint density at radius 2 is 1.61 bits per heavy atom. The van der Waals surface area contributed by atoms with Gasteiger partial charge in [-0.15, -0.1) is 0 Å².